The van der Waals surface area contributed by atoms with Crippen LogP contribution in [0.1, 0.15) is 40.5 Å². The molecule has 1 fully saturated rings. The molecule has 0 heterocycles. The van der Waals surface area contributed by atoms with E-state index in [1.807, 2.05) is 0 Å². The van der Waals surface area contributed by atoms with E-state index in [2.05, 4.69) is 27.7 Å². The van der Waals surface area contributed by atoms with E-state index in [1.165, 1.54) is 12.8 Å². The molecule has 0 spiro atoms. The van der Waals surface area contributed by atoms with Crippen LogP contribution >= 0.6 is 0 Å². The van der Waals surface area contributed by atoms with Gasteiger partial charge in [0.2, 0.25) is 0 Å². The SMILES string of the molecule is CC(C)=C1CC(C)CC1C. The zero-order valence-corrected chi connectivity index (χ0v) is 7.57. The van der Waals surface area contributed by atoms with Crippen LogP contribution in [0.4, 0.5) is 0 Å². The topological polar surface area (TPSA) is 0 Å². The summed E-state index contributed by atoms with van der Waals surface area (Å²) in [4.78, 5) is 0. The third-order valence-corrected chi connectivity index (χ3v) is 2.56. The van der Waals surface area contributed by atoms with Crippen LogP contribution in [0, 0.1) is 11.8 Å². The predicted molar refractivity (Wildman–Crippen MR) is 45.9 cm³/mol. The van der Waals surface area contributed by atoms with Crippen molar-refractivity contribution in [2.75, 3.05) is 0 Å². The molecular formula is C10H18. The molecule has 2 atom stereocenters. The molecule has 0 N–H and O–H groups in total. The fourth-order valence-electron chi connectivity index (χ4n) is 2.10. The van der Waals surface area contributed by atoms with Crippen molar-refractivity contribution in [2.24, 2.45) is 11.8 Å². The van der Waals surface area contributed by atoms with Crippen LogP contribution in [0.5, 0.6) is 0 Å². The Morgan fingerprint density at radius 2 is 1.90 bits per heavy atom. The molecule has 0 amide bonds. The molecule has 10 heavy (non-hydrogen) atoms. The van der Waals surface area contributed by atoms with Gasteiger partial charge in [-0.15, -0.1) is 0 Å². The van der Waals surface area contributed by atoms with Crippen LogP contribution in [0.15, 0.2) is 11.1 Å². The van der Waals surface area contributed by atoms with Crippen LogP contribution < -0.4 is 0 Å². The molecule has 1 aliphatic rings. The van der Waals surface area contributed by atoms with Crippen molar-refractivity contribution in [3.63, 3.8) is 0 Å². The first kappa shape index (κ1) is 7.84. The molecular weight excluding hydrogens is 120 g/mol. The highest BCUT2D eigenvalue weighted by molar-refractivity contribution is 5.17. The Balaban J connectivity index is 2.73. The first-order valence-electron chi connectivity index (χ1n) is 4.27. The molecule has 0 heteroatoms. The largest absolute Gasteiger partial charge is 0.0770 e. The number of hydrogen-bond donors (Lipinski definition) is 0. The first-order chi connectivity index (χ1) is 4.61. The molecule has 1 saturated carbocycles. The van der Waals surface area contributed by atoms with Crippen molar-refractivity contribution in [1.29, 1.82) is 0 Å². The maximum Gasteiger partial charge on any atom is -0.0226 e. The van der Waals surface area contributed by atoms with E-state index in [0.29, 0.717) is 0 Å². The molecule has 0 nitrogen and oxygen atoms in total. The summed E-state index contributed by atoms with van der Waals surface area (Å²) >= 11 is 0. The highest BCUT2D eigenvalue weighted by Gasteiger charge is 2.22. The summed E-state index contributed by atoms with van der Waals surface area (Å²) in [7, 11) is 0. The summed E-state index contributed by atoms with van der Waals surface area (Å²) in [5.74, 6) is 1.79. The van der Waals surface area contributed by atoms with E-state index in [9.17, 15) is 0 Å². The quantitative estimate of drug-likeness (QED) is 0.450. The Morgan fingerprint density at radius 1 is 1.30 bits per heavy atom. The third-order valence-electron chi connectivity index (χ3n) is 2.56. The minimum Gasteiger partial charge on any atom is -0.0770 e. The highest BCUT2D eigenvalue weighted by Crippen LogP contribution is 2.36. The molecule has 0 saturated heterocycles. The molecule has 0 aliphatic heterocycles. The van der Waals surface area contributed by atoms with Crippen LogP contribution in [0.25, 0.3) is 0 Å². The molecule has 0 aromatic heterocycles. The van der Waals surface area contributed by atoms with Gasteiger partial charge in [-0.2, -0.15) is 0 Å². The Hall–Kier alpha value is -0.260. The van der Waals surface area contributed by atoms with Gasteiger partial charge >= 0.3 is 0 Å². The predicted octanol–water partition coefficient (Wildman–Crippen LogP) is 3.39. The van der Waals surface area contributed by atoms with Gasteiger partial charge in [-0.05, 0) is 38.5 Å². The Kier molecular flexibility index (Phi) is 2.18. The van der Waals surface area contributed by atoms with Crippen molar-refractivity contribution >= 4 is 0 Å². The van der Waals surface area contributed by atoms with Crippen LogP contribution in [0.3, 0.4) is 0 Å². The second-order valence-electron chi connectivity index (χ2n) is 3.97. The van der Waals surface area contributed by atoms with Crippen LogP contribution in [-0.4, -0.2) is 0 Å². The van der Waals surface area contributed by atoms with Gasteiger partial charge in [0.05, 0.1) is 0 Å². The van der Waals surface area contributed by atoms with Gasteiger partial charge in [0.1, 0.15) is 0 Å². The van der Waals surface area contributed by atoms with Crippen molar-refractivity contribution in [3.05, 3.63) is 11.1 Å². The fourth-order valence-corrected chi connectivity index (χ4v) is 2.10. The first-order valence-corrected chi connectivity index (χ1v) is 4.27. The molecule has 58 valence electrons. The summed E-state index contributed by atoms with van der Waals surface area (Å²) in [6.07, 6.45) is 2.75. The van der Waals surface area contributed by atoms with E-state index < -0.39 is 0 Å². The molecule has 2 unspecified atom stereocenters. The average molecular weight is 138 g/mol. The average Bonchev–Trinajstić information content (AvgIpc) is 2.10. The van der Waals surface area contributed by atoms with Gasteiger partial charge in [0.25, 0.3) is 0 Å². The number of hydrogen-bond acceptors (Lipinski definition) is 0. The maximum absolute atomic E-state index is 2.35. The van der Waals surface area contributed by atoms with Gasteiger partial charge in [-0.3, -0.25) is 0 Å². The smallest absolute Gasteiger partial charge is 0.0226 e. The van der Waals surface area contributed by atoms with Gasteiger partial charge in [-0.1, -0.05) is 25.0 Å². The van der Waals surface area contributed by atoms with E-state index in [0.717, 1.165) is 11.8 Å². The molecule has 1 aliphatic carbocycles. The summed E-state index contributed by atoms with van der Waals surface area (Å²) in [6, 6.07) is 0. The molecule has 1 rings (SSSR count). The normalized spacial score (nSPS) is 33.0. The summed E-state index contributed by atoms with van der Waals surface area (Å²) in [5, 5.41) is 0. The second-order valence-corrected chi connectivity index (χ2v) is 3.97. The Morgan fingerprint density at radius 3 is 2.10 bits per heavy atom. The zero-order chi connectivity index (χ0) is 7.72. The lowest BCUT2D eigenvalue weighted by atomic mass is 10.0. The monoisotopic (exact) mass is 138 g/mol. The van der Waals surface area contributed by atoms with Crippen molar-refractivity contribution in [3.8, 4) is 0 Å². The van der Waals surface area contributed by atoms with E-state index in [-0.39, 0.29) is 0 Å². The van der Waals surface area contributed by atoms with Crippen LogP contribution in [-0.2, 0) is 0 Å². The lowest BCUT2D eigenvalue weighted by Gasteiger charge is -2.05. The Labute approximate surface area is 64.3 Å². The van der Waals surface area contributed by atoms with Gasteiger partial charge in [0.15, 0.2) is 0 Å². The lowest BCUT2D eigenvalue weighted by molar-refractivity contribution is 0.563. The fraction of sp³-hybridized carbons (Fsp3) is 0.800. The third kappa shape index (κ3) is 1.42. The van der Waals surface area contributed by atoms with Gasteiger partial charge in [0, 0.05) is 0 Å². The summed E-state index contributed by atoms with van der Waals surface area (Å²) in [6.45, 7) is 9.19. The standard InChI is InChI=1S/C10H18/c1-7(2)10-6-8(3)5-9(10)4/h8-9H,5-6H2,1-4H3. The van der Waals surface area contributed by atoms with E-state index in [4.69, 9.17) is 0 Å². The van der Waals surface area contributed by atoms with Gasteiger partial charge in [-0.25, -0.2) is 0 Å². The summed E-state index contributed by atoms with van der Waals surface area (Å²) < 4.78 is 0. The number of allylic oxidation sites excluding steroid dienone is 2. The van der Waals surface area contributed by atoms with Crippen LogP contribution in [0.2, 0.25) is 0 Å². The van der Waals surface area contributed by atoms with Crippen molar-refractivity contribution in [1.82, 2.24) is 0 Å². The van der Waals surface area contributed by atoms with Crippen molar-refractivity contribution in [2.45, 2.75) is 40.5 Å². The van der Waals surface area contributed by atoms with E-state index >= 15 is 0 Å². The molecule has 0 bridgehead atoms. The molecule has 0 radical (unpaired) electrons. The maximum atomic E-state index is 2.35. The summed E-state index contributed by atoms with van der Waals surface area (Å²) in [5.41, 5.74) is 3.27. The molecule has 0 aromatic rings. The van der Waals surface area contributed by atoms with Crippen molar-refractivity contribution < 1.29 is 0 Å². The second kappa shape index (κ2) is 2.77. The number of rotatable bonds is 0. The Bertz CT molecular complexity index is 149. The lowest BCUT2D eigenvalue weighted by Crippen LogP contribution is -1.90. The highest BCUT2D eigenvalue weighted by atomic mass is 14.3. The minimum absolute atomic E-state index is 0.861. The zero-order valence-electron chi connectivity index (χ0n) is 7.57. The minimum atomic E-state index is 0.861. The van der Waals surface area contributed by atoms with E-state index in [1.54, 1.807) is 11.1 Å². The molecule has 0 aromatic carbocycles. The van der Waals surface area contributed by atoms with Gasteiger partial charge < -0.3 is 0 Å².